The van der Waals surface area contributed by atoms with Crippen molar-refractivity contribution in [2.24, 2.45) is 0 Å². The second kappa shape index (κ2) is 9.48. The first-order chi connectivity index (χ1) is 15.8. The average Bonchev–Trinajstić information content (AvgIpc) is 3.43. The van der Waals surface area contributed by atoms with E-state index >= 15 is 0 Å². The summed E-state index contributed by atoms with van der Waals surface area (Å²) in [6.07, 6.45) is 1.91. The number of phenolic OH excluding ortho intramolecular Hbond substituents is 1. The Labute approximate surface area is 195 Å². The van der Waals surface area contributed by atoms with Gasteiger partial charge in [-0.3, -0.25) is 10.0 Å². The normalized spacial score (nSPS) is 17.9. The van der Waals surface area contributed by atoms with Gasteiger partial charge in [-0.15, -0.1) is 5.53 Å². The lowest BCUT2D eigenvalue weighted by atomic mass is 10.2. The Balaban J connectivity index is 1.76. The van der Waals surface area contributed by atoms with Gasteiger partial charge in [0.25, 0.3) is 0 Å². The summed E-state index contributed by atoms with van der Waals surface area (Å²) in [5, 5.41) is 27.9. The number of anilines is 4. The van der Waals surface area contributed by atoms with Gasteiger partial charge in [0.05, 0.1) is 19.8 Å². The van der Waals surface area contributed by atoms with Gasteiger partial charge in [-0.1, -0.05) is 12.1 Å². The lowest BCUT2D eigenvalue weighted by Crippen LogP contribution is -2.50. The number of benzene rings is 1. The Kier molecular flexibility index (Phi) is 6.66. The molecule has 1 atom stereocenters. The zero-order valence-electron chi connectivity index (χ0n) is 20.0. The number of phenols is 1. The maximum atomic E-state index is 10.5. The molecule has 180 valence electrons. The molecule has 3 heterocycles. The van der Waals surface area contributed by atoms with Crippen LogP contribution in [0.5, 0.6) is 11.5 Å². The predicted octanol–water partition coefficient (Wildman–Crippen LogP) is 2.63. The molecular formula is C23H35N7O3. The van der Waals surface area contributed by atoms with Gasteiger partial charge in [-0.2, -0.15) is 9.97 Å². The van der Waals surface area contributed by atoms with Crippen LogP contribution in [0.15, 0.2) is 18.2 Å². The van der Waals surface area contributed by atoms with E-state index in [2.05, 4.69) is 48.5 Å². The van der Waals surface area contributed by atoms with Crippen molar-refractivity contribution in [1.82, 2.24) is 15.5 Å². The minimum Gasteiger partial charge on any atom is -0.504 e. The molecule has 1 aromatic heterocycles. The number of aromatic hydroxyl groups is 1. The van der Waals surface area contributed by atoms with Crippen LogP contribution < -0.4 is 30.5 Å². The van der Waals surface area contributed by atoms with E-state index in [0.717, 1.165) is 30.9 Å². The first-order valence-corrected chi connectivity index (χ1v) is 11.6. The topological polar surface area (TPSA) is 109 Å². The Morgan fingerprint density at radius 1 is 1.18 bits per heavy atom. The standard InChI is InChI=1S/C23H35N7O3/c1-14(2)29-19-21(24-12-16-8-6-10-18(33-5)20(16)32)25-23(28-11-7-9-17(28)13-31)26-22(19)30(27-29)15(3)4/h6,8,10,14-15,17,27,31-32H,7,9,11-13H2,1-5H3,(H,24,25,26)/t17-/m1/s1. The number of hydrogen-bond donors (Lipinski definition) is 4. The maximum absolute atomic E-state index is 10.5. The highest BCUT2D eigenvalue weighted by Gasteiger charge is 2.36. The number of hydrogen-bond acceptors (Lipinski definition) is 10. The molecule has 4 rings (SSSR count). The van der Waals surface area contributed by atoms with Crippen molar-refractivity contribution in [2.45, 2.75) is 65.2 Å². The third-order valence-electron chi connectivity index (χ3n) is 6.16. The van der Waals surface area contributed by atoms with E-state index in [1.807, 2.05) is 17.1 Å². The van der Waals surface area contributed by atoms with E-state index in [9.17, 15) is 10.2 Å². The number of methoxy groups -OCH3 is 1. The molecule has 0 saturated carbocycles. The summed E-state index contributed by atoms with van der Waals surface area (Å²) in [6, 6.07) is 5.77. The molecule has 2 aliphatic rings. The van der Waals surface area contributed by atoms with Crippen LogP contribution in [0.4, 0.5) is 23.3 Å². The van der Waals surface area contributed by atoms with Crippen LogP contribution in [0.1, 0.15) is 46.1 Å². The molecule has 0 spiro atoms. The van der Waals surface area contributed by atoms with Crippen molar-refractivity contribution in [3.05, 3.63) is 23.8 Å². The van der Waals surface area contributed by atoms with Crippen molar-refractivity contribution < 1.29 is 14.9 Å². The fraction of sp³-hybridized carbons (Fsp3) is 0.565. The van der Waals surface area contributed by atoms with Crippen LogP contribution in [-0.2, 0) is 6.54 Å². The van der Waals surface area contributed by atoms with Crippen molar-refractivity contribution in [3.63, 3.8) is 0 Å². The van der Waals surface area contributed by atoms with Gasteiger partial charge >= 0.3 is 0 Å². The van der Waals surface area contributed by atoms with Gasteiger partial charge in [0, 0.05) is 30.7 Å². The molecule has 0 amide bonds. The fourth-order valence-electron chi connectivity index (χ4n) is 4.36. The number of aliphatic hydroxyl groups is 1. The monoisotopic (exact) mass is 457 g/mol. The summed E-state index contributed by atoms with van der Waals surface area (Å²) in [6.45, 7) is 9.67. The van der Waals surface area contributed by atoms with E-state index in [0.29, 0.717) is 29.6 Å². The molecule has 10 heteroatoms. The summed E-state index contributed by atoms with van der Waals surface area (Å²) >= 11 is 0. The smallest absolute Gasteiger partial charge is 0.229 e. The van der Waals surface area contributed by atoms with Gasteiger partial charge in [0.2, 0.25) is 5.95 Å². The molecule has 2 aromatic rings. The zero-order valence-corrected chi connectivity index (χ0v) is 20.0. The van der Waals surface area contributed by atoms with E-state index in [1.54, 1.807) is 6.07 Å². The number of rotatable bonds is 8. The van der Waals surface area contributed by atoms with Gasteiger partial charge in [0.15, 0.2) is 23.1 Å². The SMILES string of the molecule is COc1cccc(CNc2nc(N3CCC[C@@H]3CO)nc3c2N(C(C)C)NN3C(C)C)c1O. The molecule has 0 aliphatic carbocycles. The number of nitrogens with one attached hydrogen (secondary N) is 2. The number of aliphatic hydroxyl groups excluding tert-OH is 1. The van der Waals surface area contributed by atoms with Gasteiger partial charge in [-0.25, -0.2) is 0 Å². The first kappa shape index (κ1) is 23.2. The van der Waals surface area contributed by atoms with Gasteiger partial charge in [0.1, 0.15) is 5.69 Å². The number of aromatic nitrogens is 2. The lowest BCUT2D eigenvalue weighted by Gasteiger charge is -2.27. The van der Waals surface area contributed by atoms with Crippen LogP contribution in [0, 0.1) is 0 Å². The van der Waals surface area contributed by atoms with Crippen molar-refractivity contribution in [1.29, 1.82) is 0 Å². The molecule has 33 heavy (non-hydrogen) atoms. The Bertz CT molecular complexity index is 985. The van der Waals surface area contributed by atoms with Crippen molar-refractivity contribution >= 4 is 23.3 Å². The summed E-state index contributed by atoms with van der Waals surface area (Å²) in [7, 11) is 1.54. The second-order valence-electron chi connectivity index (χ2n) is 9.07. The number of fused-ring (bicyclic) bond motifs is 1. The third kappa shape index (κ3) is 4.32. The molecule has 0 unspecified atom stereocenters. The molecule has 1 saturated heterocycles. The molecule has 0 bridgehead atoms. The first-order valence-electron chi connectivity index (χ1n) is 11.6. The van der Waals surface area contributed by atoms with E-state index in [1.165, 1.54) is 7.11 Å². The highest BCUT2D eigenvalue weighted by atomic mass is 16.5. The highest BCUT2D eigenvalue weighted by Crippen LogP contribution is 2.42. The van der Waals surface area contributed by atoms with Crippen LogP contribution in [-0.4, -0.2) is 58.6 Å². The van der Waals surface area contributed by atoms with Crippen LogP contribution in [0.2, 0.25) is 0 Å². The summed E-state index contributed by atoms with van der Waals surface area (Å²) in [5.41, 5.74) is 5.03. The quantitative estimate of drug-likeness (QED) is 0.472. The van der Waals surface area contributed by atoms with E-state index in [-0.39, 0.29) is 30.5 Å². The molecule has 1 aromatic carbocycles. The van der Waals surface area contributed by atoms with E-state index in [4.69, 9.17) is 14.7 Å². The Morgan fingerprint density at radius 3 is 2.61 bits per heavy atom. The highest BCUT2D eigenvalue weighted by molar-refractivity contribution is 5.83. The maximum Gasteiger partial charge on any atom is 0.229 e. The molecule has 2 aliphatic heterocycles. The van der Waals surface area contributed by atoms with Crippen LogP contribution in [0.3, 0.4) is 0 Å². The fourth-order valence-corrected chi connectivity index (χ4v) is 4.36. The minimum absolute atomic E-state index is 0.0152. The Morgan fingerprint density at radius 2 is 1.94 bits per heavy atom. The molecule has 1 fully saturated rings. The number of hydrazine groups is 2. The zero-order chi connectivity index (χ0) is 23.7. The van der Waals surface area contributed by atoms with Crippen LogP contribution in [0.25, 0.3) is 0 Å². The third-order valence-corrected chi connectivity index (χ3v) is 6.16. The number of nitrogens with zero attached hydrogens (tertiary/aromatic N) is 5. The summed E-state index contributed by atoms with van der Waals surface area (Å²) in [5.74, 6) is 2.61. The molecule has 0 radical (unpaired) electrons. The van der Waals surface area contributed by atoms with Crippen molar-refractivity contribution in [3.8, 4) is 11.5 Å². The minimum atomic E-state index is 0.0152. The van der Waals surface area contributed by atoms with Gasteiger partial charge < -0.3 is 25.2 Å². The molecule has 10 nitrogen and oxygen atoms in total. The Hall–Kier alpha value is -2.98. The van der Waals surface area contributed by atoms with Gasteiger partial charge in [-0.05, 0) is 46.6 Å². The van der Waals surface area contributed by atoms with Crippen molar-refractivity contribution in [2.75, 3.05) is 40.5 Å². The average molecular weight is 458 g/mol. The number of para-hydroxylation sites is 1. The second-order valence-corrected chi connectivity index (χ2v) is 9.07. The predicted molar refractivity (Wildman–Crippen MR) is 130 cm³/mol. The number of ether oxygens (including phenoxy) is 1. The largest absolute Gasteiger partial charge is 0.504 e. The molecular weight excluding hydrogens is 422 g/mol. The van der Waals surface area contributed by atoms with Crippen LogP contribution >= 0.6 is 0 Å². The van der Waals surface area contributed by atoms with E-state index < -0.39 is 0 Å². The molecule has 4 N–H and O–H groups in total. The summed E-state index contributed by atoms with van der Waals surface area (Å²) in [4.78, 5) is 11.9. The summed E-state index contributed by atoms with van der Waals surface area (Å²) < 4.78 is 5.25. The lowest BCUT2D eigenvalue weighted by molar-refractivity contribution is 0.265.